The number of carbonyl (C=O) groups excluding carboxylic acids is 1. The van der Waals surface area contributed by atoms with Gasteiger partial charge in [-0.05, 0) is 61.1 Å². The van der Waals surface area contributed by atoms with Crippen molar-refractivity contribution in [1.82, 2.24) is 9.80 Å². The summed E-state index contributed by atoms with van der Waals surface area (Å²) in [4.78, 5) is 17.0. The molecule has 0 aliphatic heterocycles. The van der Waals surface area contributed by atoms with Crippen LogP contribution in [0.25, 0.3) is 0 Å². The summed E-state index contributed by atoms with van der Waals surface area (Å²) in [6, 6.07) is 5.84. The number of nitrogens with two attached hydrogens (primary N) is 1. The van der Waals surface area contributed by atoms with E-state index in [2.05, 4.69) is 20.8 Å². The van der Waals surface area contributed by atoms with Crippen LogP contribution in [-0.4, -0.2) is 48.9 Å². The Balaban J connectivity index is 2.17. The van der Waals surface area contributed by atoms with Crippen LogP contribution in [0.2, 0.25) is 0 Å². The summed E-state index contributed by atoms with van der Waals surface area (Å²) in [5, 5.41) is 0. The average Bonchev–Trinajstić information content (AvgIpc) is 2.95. The molecule has 1 aliphatic carbocycles. The highest BCUT2D eigenvalue weighted by atomic mass is 79.9. The lowest BCUT2D eigenvalue weighted by Gasteiger charge is -2.30. The van der Waals surface area contributed by atoms with E-state index in [9.17, 15) is 4.79 Å². The van der Waals surface area contributed by atoms with E-state index in [-0.39, 0.29) is 5.91 Å². The molecule has 2 N–H and O–H groups in total. The van der Waals surface area contributed by atoms with Crippen LogP contribution in [0.3, 0.4) is 0 Å². The highest BCUT2D eigenvalue weighted by Gasteiger charge is 2.27. The second-order valence-corrected chi connectivity index (χ2v) is 6.83. The number of amides is 1. The second kappa shape index (κ2) is 7.27. The van der Waals surface area contributed by atoms with E-state index in [1.54, 1.807) is 6.07 Å². The van der Waals surface area contributed by atoms with Gasteiger partial charge in [0, 0.05) is 34.9 Å². The van der Waals surface area contributed by atoms with Gasteiger partial charge in [-0.2, -0.15) is 0 Å². The van der Waals surface area contributed by atoms with Gasteiger partial charge in [-0.15, -0.1) is 0 Å². The molecule has 21 heavy (non-hydrogen) atoms. The molecule has 0 bridgehead atoms. The number of likely N-dealkylation sites (N-methyl/N-ethyl adjacent to an activating group) is 1. The van der Waals surface area contributed by atoms with E-state index >= 15 is 0 Å². The molecule has 0 atom stereocenters. The topological polar surface area (TPSA) is 49.6 Å². The minimum absolute atomic E-state index is 0.1000. The molecule has 0 saturated heterocycles. The van der Waals surface area contributed by atoms with E-state index < -0.39 is 0 Å². The Labute approximate surface area is 135 Å². The SMILES string of the molecule is CN(C)CCN(C(=O)c1ccc(Br)c(N)c1)C1CCCC1. The maximum absolute atomic E-state index is 12.8. The van der Waals surface area contributed by atoms with Crippen molar-refractivity contribution in [3.63, 3.8) is 0 Å². The molecule has 1 aromatic rings. The highest BCUT2D eigenvalue weighted by Crippen LogP contribution is 2.26. The lowest BCUT2D eigenvalue weighted by molar-refractivity contribution is 0.0667. The number of rotatable bonds is 5. The van der Waals surface area contributed by atoms with Crippen LogP contribution in [0.5, 0.6) is 0 Å². The van der Waals surface area contributed by atoms with Crippen LogP contribution in [0, 0.1) is 0 Å². The highest BCUT2D eigenvalue weighted by molar-refractivity contribution is 9.10. The van der Waals surface area contributed by atoms with Gasteiger partial charge in [-0.1, -0.05) is 12.8 Å². The molecule has 0 unspecified atom stereocenters. The third-order valence-corrected chi connectivity index (χ3v) is 4.78. The smallest absolute Gasteiger partial charge is 0.254 e. The molecular weight excluding hydrogens is 330 g/mol. The van der Waals surface area contributed by atoms with E-state index in [1.807, 2.05) is 31.1 Å². The number of hydrogen-bond donors (Lipinski definition) is 1. The first-order chi connectivity index (χ1) is 9.99. The minimum atomic E-state index is 0.1000. The molecule has 2 rings (SSSR count). The zero-order chi connectivity index (χ0) is 15.4. The lowest BCUT2D eigenvalue weighted by atomic mass is 10.1. The maximum atomic E-state index is 12.8. The third kappa shape index (κ3) is 4.20. The molecule has 1 fully saturated rings. The Hall–Kier alpha value is -1.07. The van der Waals surface area contributed by atoms with E-state index in [1.165, 1.54) is 12.8 Å². The van der Waals surface area contributed by atoms with Crippen molar-refractivity contribution in [2.24, 2.45) is 0 Å². The molecule has 0 aromatic heterocycles. The molecule has 0 spiro atoms. The van der Waals surface area contributed by atoms with Gasteiger partial charge in [0.15, 0.2) is 0 Å². The largest absolute Gasteiger partial charge is 0.398 e. The summed E-state index contributed by atoms with van der Waals surface area (Å²) in [5.74, 6) is 0.1000. The van der Waals surface area contributed by atoms with Gasteiger partial charge in [-0.3, -0.25) is 4.79 Å². The van der Waals surface area contributed by atoms with Gasteiger partial charge >= 0.3 is 0 Å². The zero-order valence-corrected chi connectivity index (χ0v) is 14.4. The average molecular weight is 354 g/mol. The van der Waals surface area contributed by atoms with Gasteiger partial charge in [0.1, 0.15) is 0 Å². The maximum Gasteiger partial charge on any atom is 0.254 e. The monoisotopic (exact) mass is 353 g/mol. The number of nitrogen functional groups attached to an aromatic ring is 1. The van der Waals surface area contributed by atoms with Crippen LogP contribution < -0.4 is 5.73 Å². The van der Waals surface area contributed by atoms with Crippen LogP contribution in [-0.2, 0) is 0 Å². The Morgan fingerprint density at radius 1 is 1.29 bits per heavy atom. The summed E-state index contributed by atoms with van der Waals surface area (Å²) in [6.07, 6.45) is 4.67. The summed E-state index contributed by atoms with van der Waals surface area (Å²) in [7, 11) is 4.07. The first kappa shape index (κ1) is 16.3. The number of carbonyl (C=O) groups is 1. The van der Waals surface area contributed by atoms with Crippen molar-refractivity contribution in [3.05, 3.63) is 28.2 Å². The first-order valence-corrected chi connectivity index (χ1v) is 8.29. The van der Waals surface area contributed by atoms with E-state index in [0.29, 0.717) is 17.3 Å². The summed E-state index contributed by atoms with van der Waals surface area (Å²) in [6.45, 7) is 1.65. The Morgan fingerprint density at radius 2 is 1.95 bits per heavy atom. The molecule has 1 aliphatic rings. The fraction of sp³-hybridized carbons (Fsp3) is 0.562. The number of benzene rings is 1. The van der Waals surface area contributed by atoms with Gasteiger partial charge in [0.05, 0.1) is 0 Å². The van der Waals surface area contributed by atoms with Crippen molar-refractivity contribution >= 4 is 27.5 Å². The van der Waals surface area contributed by atoms with Crippen molar-refractivity contribution < 1.29 is 4.79 Å². The summed E-state index contributed by atoms with van der Waals surface area (Å²) >= 11 is 3.38. The molecule has 4 nitrogen and oxygen atoms in total. The standard InChI is InChI=1S/C16H24BrN3O/c1-19(2)9-10-20(13-5-3-4-6-13)16(21)12-7-8-14(17)15(18)11-12/h7-8,11,13H,3-6,9-10,18H2,1-2H3. The van der Waals surface area contributed by atoms with Crippen molar-refractivity contribution in [3.8, 4) is 0 Å². The molecule has 116 valence electrons. The number of nitrogens with zero attached hydrogens (tertiary/aromatic N) is 2. The lowest BCUT2D eigenvalue weighted by Crippen LogP contribution is -2.42. The fourth-order valence-corrected chi connectivity index (χ4v) is 3.06. The molecule has 5 heteroatoms. The van der Waals surface area contributed by atoms with Gasteiger partial charge in [-0.25, -0.2) is 0 Å². The molecule has 1 saturated carbocycles. The van der Waals surface area contributed by atoms with Crippen LogP contribution in [0.4, 0.5) is 5.69 Å². The molecule has 1 amide bonds. The molecular formula is C16H24BrN3O. The van der Waals surface area contributed by atoms with Gasteiger partial charge < -0.3 is 15.5 Å². The quantitative estimate of drug-likeness (QED) is 0.827. The number of anilines is 1. The summed E-state index contributed by atoms with van der Waals surface area (Å²) < 4.78 is 0.833. The van der Waals surface area contributed by atoms with Gasteiger partial charge in [0.2, 0.25) is 0 Å². The van der Waals surface area contributed by atoms with Crippen LogP contribution >= 0.6 is 15.9 Å². The van der Waals surface area contributed by atoms with E-state index in [4.69, 9.17) is 5.73 Å². The van der Waals surface area contributed by atoms with Gasteiger partial charge in [0.25, 0.3) is 5.91 Å². The molecule has 0 heterocycles. The Morgan fingerprint density at radius 3 is 2.52 bits per heavy atom. The first-order valence-electron chi connectivity index (χ1n) is 7.50. The Kier molecular flexibility index (Phi) is 5.65. The van der Waals surface area contributed by atoms with Crippen molar-refractivity contribution in [1.29, 1.82) is 0 Å². The predicted molar refractivity (Wildman–Crippen MR) is 90.4 cm³/mol. The Bertz CT molecular complexity index is 498. The van der Waals surface area contributed by atoms with Crippen LogP contribution in [0.1, 0.15) is 36.0 Å². The third-order valence-electron chi connectivity index (χ3n) is 4.06. The van der Waals surface area contributed by atoms with Crippen LogP contribution in [0.15, 0.2) is 22.7 Å². The predicted octanol–water partition coefficient (Wildman–Crippen LogP) is 2.98. The van der Waals surface area contributed by atoms with Crippen molar-refractivity contribution in [2.45, 2.75) is 31.7 Å². The minimum Gasteiger partial charge on any atom is -0.398 e. The van der Waals surface area contributed by atoms with Crippen molar-refractivity contribution in [2.75, 3.05) is 32.9 Å². The number of hydrogen-bond acceptors (Lipinski definition) is 3. The number of halogens is 1. The second-order valence-electron chi connectivity index (χ2n) is 5.98. The summed E-state index contributed by atoms with van der Waals surface area (Å²) in [5.41, 5.74) is 7.20. The molecule has 0 radical (unpaired) electrons. The zero-order valence-electron chi connectivity index (χ0n) is 12.8. The van der Waals surface area contributed by atoms with E-state index in [0.717, 1.165) is 30.4 Å². The molecule has 1 aromatic carbocycles. The fourth-order valence-electron chi connectivity index (χ4n) is 2.82. The normalized spacial score (nSPS) is 15.6.